The van der Waals surface area contributed by atoms with Gasteiger partial charge in [0.25, 0.3) is 0 Å². The van der Waals surface area contributed by atoms with Gasteiger partial charge >= 0.3 is 5.97 Å². The van der Waals surface area contributed by atoms with Crippen LogP contribution in [0.4, 0.5) is 0 Å². The van der Waals surface area contributed by atoms with Crippen molar-refractivity contribution in [3.05, 3.63) is 17.0 Å². The van der Waals surface area contributed by atoms with Crippen LogP contribution < -0.4 is 0 Å². The first-order valence-electron chi connectivity index (χ1n) is 5.50. The van der Waals surface area contributed by atoms with Crippen LogP contribution in [-0.4, -0.2) is 45.2 Å². The molecule has 0 saturated carbocycles. The minimum Gasteiger partial charge on any atom is -0.481 e. The molecule has 6 nitrogen and oxygen atoms in total. The molecule has 0 atom stereocenters. The molecule has 1 fully saturated rings. The van der Waals surface area contributed by atoms with Gasteiger partial charge in [-0.2, -0.15) is 5.10 Å². The molecule has 0 unspecified atom stereocenters. The SMILES string of the molecule is Cc1n[nH]c(C)c1CC(=O)N1CC(C(=O)O)C1. The standard InChI is InChI=1S/C11H15N3O3/c1-6-9(7(2)13-12-6)3-10(15)14-4-8(5-14)11(16)17/h8H,3-5H2,1-2H3,(H,12,13)(H,16,17). The highest BCUT2D eigenvalue weighted by Gasteiger charge is 2.35. The molecule has 2 rings (SSSR count). The van der Waals surface area contributed by atoms with E-state index in [9.17, 15) is 9.59 Å². The molecule has 1 amide bonds. The molecule has 1 aromatic rings. The highest BCUT2D eigenvalue weighted by Crippen LogP contribution is 2.18. The number of H-pyrrole nitrogens is 1. The number of carbonyl (C=O) groups is 2. The van der Waals surface area contributed by atoms with Gasteiger partial charge in [-0.25, -0.2) is 0 Å². The van der Waals surface area contributed by atoms with E-state index < -0.39 is 11.9 Å². The number of nitrogens with one attached hydrogen (secondary N) is 1. The number of likely N-dealkylation sites (tertiary alicyclic amines) is 1. The zero-order valence-corrected chi connectivity index (χ0v) is 9.86. The van der Waals surface area contributed by atoms with Gasteiger partial charge < -0.3 is 10.0 Å². The predicted octanol–water partition coefficient (Wildman–Crippen LogP) is 0.112. The smallest absolute Gasteiger partial charge is 0.310 e. The Kier molecular flexibility index (Phi) is 2.87. The molecule has 17 heavy (non-hydrogen) atoms. The van der Waals surface area contributed by atoms with E-state index in [4.69, 9.17) is 5.11 Å². The monoisotopic (exact) mass is 237 g/mol. The number of carbonyl (C=O) groups excluding carboxylic acids is 1. The lowest BCUT2D eigenvalue weighted by molar-refractivity contribution is -0.152. The Labute approximate surface area is 98.6 Å². The van der Waals surface area contributed by atoms with E-state index >= 15 is 0 Å². The van der Waals surface area contributed by atoms with Gasteiger partial charge in [-0.3, -0.25) is 14.7 Å². The van der Waals surface area contributed by atoms with Gasteiger partial charge in [0.15, 0.2) is 0 Å². The second-order valence-corrected chi connectivity index (χ2v) is 4.42. The molecule has 1 saturated heterocycles. The van der Waals surface area contributed by atoms with E-state index in [-0.39, 0.29) is 5.91 Å². The van der Waals surface area contributed by atoms with Crippen molar-refractivity contribution in [1.82, 2.24) is 15.1 Å². The van der Waals surface area contributed by atoms with Crippen LogP contribution in [0.2, 0.25) is 0 Å². The molecule has 0 aliphatic carbocycles. The quantitative estimate of drug-likeness (QED) is 0.781. The summed E-state index contributed by atoms with van der Waals surface area (Å²) in [7, 11) is 0. The Morgan fingerprint density at radius 2 is 2.12 bits per heavy atom. The van der Waals surface area contributed by atoms with Gasteiger partial charge in [0, 0.05) is 24.3 Å². The summed E-state index contributed by atoms with van der Waals surface area (Å²) in [6, 6.07) is 0. The van der Waals surface area contributed by atoms with Gasteiger partial charge in [-0.05, 0) is 13.8 Å². The van der Waals surface area contributed by atoms with Crippen molar-refractivity contribution < 1.29 is 14.7 Å². The molecule has 1 aliphatic heterocycles. The van der Waals surface area contributed by atoms with E-state index in [1.165, 1.54) is 0 Å². The van der Waals surface area contributed by atoms with Crippen LogP contribution in [-0.2, 0) is 16.0 Å². The maximum Gasteiger partial charge on any atom is 0.310 e. The number of aliphatic carboxylic acids is 1. The van der Waals surface area contributed by atoms with E-state index in [2.05, 4.69) is 10.2 Å². The van der Waals surface area contributed by atoms with Gasteiger partial charge in [-0.1, -0.05) is 0 Å². The van der Waals surface area contributed by atoms with Crippen LogP contribution in [0, 0.1) is 19.8 Å². The largest absolute Gasteiger partial charge is 0.481 e. The molecule has 1 aliphatic rings. The highest BCUT2D eigenvalue weighted by molar-refractivity contribution is 5.82. The van der Waals surface area contributed by atoms with Gasteiger partial charge in [0.1, 0.15) is 0 Å². The summed E-state index contributed by atoms with van der Waals surface area (Å²) >= 11 is 0. The summed E-state index contributed by atoms with van der Waals surface area (Å²) < 4.78 is 0. The molecule has 0 aromatic carbocycles. The topological polar surface area (TPSA) is 86.3 Å². The zero-order chi connectivity index (χ0) is 12.6. The third kappa shape index (κ3) is 2.15. The maximum atomic E-state index is 11.9. The minimum absolute atomic E-state index is 0.0323. The Balaban J connectivity index is 1.93. The Hall–Kier alpha value is -1.85. The fourth-order valence-corrected chi connectivity index (χ4v) is 1.94. The second-order valence-electron chi connectivity index (χ2n) is 4.42. The van der Waals surface area contributed by atoms with Gasteiger partial charge in [0.05, 0.1) is 18.0 Å². The number of aryl methyl sites for hydroxylation is 2. The Morgan fingerprint density at radius 1 is 1.47 bits per heavy atom. The summed E-state index contributed by atoms with van der Waals surface area (Å²) in [5, 5.41) is 15.6. The molecule has 2 heterocycles. The van der Waals surface area contributed by atoms with E-state index in [1.807, 2.05) is 13.8 Å². The molecule has 0 bridgehead atoms. The molecule has 2 N–H and O–H groups in total. The van der Waals surface area contributed by atoms with Crippen molar-refractivity contribution in [2.24, 2.45) is 5.92 Å². The molecular formula is C11H15N3O3. The van der Waals surface area contributed by atoms with Crippen molar-refractivity contribution >= 4 is 11.9 Å². The molecule has 92 valence electrons. The lowest BCUT2D eigenvalue weighted by atomic mass is 9.99. The number of hydrogen-bond donors (Lipinski definition) is 2. The molecular weight excluding hydrogens is 222 g/mol. The summed E-state index contributed by atoms with van der Waals surface area (Å²) in [6.07, 6.45) is 0.292. The Morgan fingerprint density at radius 3 is 2.59 bits per heavy atom. The van der Waals surface area contributed by atoms with Crippen LogP contribution in [0.25, 0.3) is 0 Å². The fraction of sp³-hybridized carbons (Fsp3) is 0.545. The predicted molar refractivity (Wildman–Crippen MR) is 59.5 cm³/mol. The van der Waals surface area contributed by atoms with Crippen molar-refractivity contribution in [3.63, 3.8) is 0 Å². The number of amides is 1. The zero-order valence-electron chi connectivity index (χ0n) is 9.86. The second kappa shape index (κ2) is 4.20. The molecule has 0 spiro atoms. The maximum absolute atomic E-state index is 11.9. The number of hydrogen-bond acceptors (Lipinski definition) is 3. The van der Waals surface area contributed by atoms with Crippen LogP contribution >= 0.6 is 0 Å². The summed E-state index contributed by atoms with van der Waals surface area (Å²) in [6.45, 7) is 4.37. The fourth-order valence-electron chi connectivity index (χ4n) is 1.94. The van der Waals surface area contributed by atoms with Crippen LogP contribution in [0.5, 0.6) is 0 Å². The number of aromatic amines is 1. The first-order valence-corrected chi connectivity index (χ1v) is 5.50. The van der Waals surface area contributed by atoms with Crippen molar-refractivity contribution in [2.75, 3.05) is 13.1 Å². The van der Waals surface area contributed by atoms with E-state index in [1.54, 1.807) is 4.90 Å². The Bertz CT molecular complexity index is 441. The van der Waals surface area contributed by atoms with E-state index in [0.29, 0.717) is 19.5 Å². The lowest BCUT2D eigenvalue weighted by Gasteiger charge is -2.36. The minimum atomic E-state index is -0.829. The van der Waals surface area contributed by atoms with Crippen LogP contribution in [0.1, 0.15) is 17.0 Å². The molecule has 6 heteroatoms. The average molecular weight is 237 g/mol. The van der Waals surface area contributed by atoms with Gasteiger partial charge in [0.2, 0.25) is 5.91 Å². The van der Waals surface area contributed by atoms with Crippen LogP contribution in [0.15, 0.2) is 0 Å². The normalized spacial score (nSPS) is 15.8. The van der Waals surface area contributed by atoms with Crippen molar-refractivity contribution in [2.45, 2.75) is 20.3 Å². The van der Waals surface area contributed by atoms with Crippen molar-refractivity contribution in [3.8, 4) is 0 Å². The number of carboxylic acid groups (broad SMARTS) is 1. The number of rotatable bonds is 3. The third-order valence-corrected chi connectivity index (χ3v) is 3.19. The highest BCUT2D eigenvalue weighted by atomic mass is 16.4. The molecule has 0 radical (unpaired) electrons. The number of aromatic nitrogens is 2. The number of carboxylic acids is 1. The average Bonchev–Trinajstić information content (AvgIpc) is 2.46. The lowest BCUT2D eigenvalue weighted by Crippen LogP contribution is -2.53. The third-order valence-electron chi connectivity index (χ3n) is 3.19. The summed E-state index contributed by atoms with van der Waals surface area (Å²) in [4.78, 5) is 24.1. The summed E-state index contributed by atoms with van der Waals surface area (Å²) in [5.41, 5.74) is 2.63. The number of nitrogens with zero attached hydrogens (tertiary/aromatic N) is 2. The van der Waals surface area contributed by atoms with E-state index in [0.717, 1.165) is 17.0 Å². The first-order chi connectivity index (χ1) is 7.99. The van der Waals surface area contributed by atoms with Gasteiger partial charge in [-0.15, -0.1) is 0 Å². The van der Waals surface area contributed by atoms with Crippen LogP contribution in [0.3, 0.4) is 0 Å². The molecule has 1 aromatic heterocycles. The summed E-state index contributed by atoms with van der Waals surface area (Å²) in [5.74, 6) is -1.26. The van der Waals surface area contributed by atoms with Crippen molar-refractivity contribution in [1.29, 1.82) is 0 Å². The first kappa shape index (κ1) is 11.6.